The Balaban J connectivity index is 2.02. The SMILES string of the molecule is COc1ccc(-c2c(S(C)(=O)=O)nnc3c(-c4ccccc4)cnn23)cc1. The van der Waals surface area contributed by atoms with Gasteiger partial charge >= 0.3 is 0 Å². The monoisotopic (exact) mass is 380 g/mol. The van der Waals surface area contributed by atoms with Crippen molar-refractivity contribution in [2.75, 3.05) is 13.4 Å². The Morgan fingerprint density at radius 3 is 2.26 bits per heavy atom. The summed E-state index contributed by atoms with van der Waals surface area (Å²) in [5.74, 6) is 0.670. The molecule has 0 aliphatic heterocycles. The Kier molecular flexibility index (Phi) is 4.12. The van der Waals surface area contributed by atoms with Crippen molar-refractivity contribution >= 4 is 15.5 Å². The zero-order valence-electron chi connectivity index (χ0n) is 14.7. The minimum atomic E-state index is -3.61. The topological polar surface area (TPSA) is 86.5 Å². The fraction of sp³-hybridized carbons (Fsp3) is 0.105. The molecule has 0 spiro atoms. The molecule has 0 atom stereocenters. The Bertz CT molecular complexity index is 1220. The molecule has 0 amide bonds. The van der Waals surface area contributed by atoms with E-state index in [9.17, 15) is 8.42 Å². The first-order valence-corrected chi connectivity index (χ1v) is 10.0. The molecule has 4 rings (SSSR count). The van der Waals surface area contributed by atoms with Crippen LogP contribution in [0.5, 0.6) is 5.75 Å². The standard InChI is InChI=1S/C19H16N4O3S/c1-26-15-10-8-14(9-11-15)17-19(27(2,24)25)22-21-18-16(12-20-23(17)18)13-6-4-3-5-7-13/h3-12H,1-2H3. The van der Waals surface area contributed by atoms with Crippen molar-refractivity contribution in [2.24, 2.45) is 0 Å². The van der Waals surface area contributed by atoms with Gasteiger partial charge in [-0.05, 0) is 29.8 Å². The molecule has 8 heteroatoms. The summed E-state index contributed by atoms with van der Waals surface area (Å²) in [6, 6.07) is 16.7. The maximum absolute atomic E-state index is 12.3. The summed E-state index contributed by atoms with van der Waals surface area (Å²) in [6.07, 6.45) is 2.77. The van der Waals surface area contributed by atoms with Gasteiger partial charge in [-0.15, -0.1) is 10.2 Å². The summed E-state index contributed by atoms with van der Waals surface area (Å²) in [5.41, 5.74) is 3.21. The maximum atomic E-state index is 12.3. The predicted molar refractivity (Wildman–Crippen MR) is 101 cm³/mol. The number of aromatic nitrogens is 4. The molecular formula is C19H16N4O3S. The van der Waals surface area contributed by atoms with Crippen LogP contribution in [0.1, 0.15) is 0 Å². The normalized spacial score (nSPS) is 11.6. The van der Waals surface area contributed by atoms with E-state index < -0.39 is 9.84 Å². The van der Waals surface area contributed by atoms with E-state index in [2.05, 4.69) is 15.3 Å². The molecule has 0 fully saturated rings. The lowest BCUT2D eigenvalue weighted by Crippen LogP contribution is -2.10. The van der Waals surface area contributed by atoms with Gasteiger partial charge in [-0.3, -0.25) is 0 Å². The van der Waals surface area contributed by atoms with Crippen LogP contribution in [0.25, 0.3) is 28.0 Å². The van der Waals surface area contributed by atoms with Crippen molar-refractivity contribution < 1.29 is 13.2 Å². The molecule has 27 heavy (non-hydrogen) atoms. The number of sulfone groups is 1. The van der Waals surface area contributed by atoms with Gasteiger partial charge in [-0.1, -0.05) is 30.3 Å². The molecule has 7 nitrogen and oxygen atoms in total. The second-order valence-electron chi connectivity index (χ2n) is 6.01. The second-order valence-corrected chi connectivity index (χ2v) is 7.95. The van der Waals surface area contributed by atoms with Crippen LogP contribution in [0.2, 0.25) is 0 Å². The lowest BCUT2D eigenvalue weighted by Gasteiger charge is -2.10. The first-order chi connectivity index (χ1) is 13.0. The van der Waals surface area contributed by atoms with E-state index in [0.717, 1.165) is 17.4 Å². The van der Waals surface area contributed by atoms with E-state index in [1.165, 1.54) is 4.52 Å². The van der Waals surface area contributed by atoms with Gasteiger partial charge in [0.15, 0.2) is 15.5 Å². The molecule has 0 N–H and O–H groups in total. The zero-order valence-corrected chi connectivity index (χ0v) is 15.5. The number of hydrogen-bond donors (Lipinski definition) is 0. The Hall–Kier alpha value is -3.26. The smallest absolute Gasteiger partial charge is 0.203 e. The third-order valence-electron chi connectivity index (χ3n) is 4.19. The third kappa shape index (κ3) is 3.04. The van der Waals surface area contributed by atoms with Crippen LogP contribution >= 0.6 is 0 Å². The molecule has 2 heterocycles. The number of fused-ring (bicyclic) bond motifs is 1. The maximum Gasteiger partial charge on any atom is 0.203 e. The number of hydrogen-bond acceptors (Lipinski definition) is 6. The number of methoxy groups -OCH3 is 1. The summed E-state index contributed by atoms with van der Waals surface area (Å²) in [6.45, 7) is 0. The molecule has 136 valence electrons. The molecule has 2 aromatic heterocycles. The molecule has 0 unspecified atom stereocenters. The van der Waals surface area contributed by atoms with Gasteiger partial charge in [0.1, 0.15) is 11.4 Å². The number of nitrogens with zero attached hydrogens (tertiary/aromatic N) is 4. The molecule has 0 aliphatic rings. The highest BCUT2D eigenvalue weighted by Crippen LogP contribution is 2.31. The van der Waals surface area contributed by atoms with Crippen LogP contribution in [0.3, 0.4) is 0 Å². The first kappa shape index (κ1) is 17.2. The highest BCUT2D eigenvalue weighted by molar-refractivity contribution is 7.90. The summed E-state index contributed by atoms with van der Waals surface area (Å²) < 4.78 is 31.3. The van der Waals surface area contributed by atoms with E-state index in [0.29, 0.717) is 22.7 Å². The van der Waals surface area contributed by atoms with E-state index in [1.54, 1.807) is 37.6 Å². The van der Waals surface area contributed by atoms with E-state index in [1.807, 2.05) is 30.3 Å². The van der Waals surface area contributed by atoms with Crippen LogP contribution in [-0.2, 0) is 9.84 Å². The van der Waals surface area contributed by atoms with Crippen molar-refractivity contribution in [2.45, 2.75) is 5.03 Å². The fourth-order valence-corrected chi connectivity index (χ4v) is 3.64. The average molecular weight is 380 g/mol. The van der Waals surface area contributed by atoms with Crippen LogP contribution in [-0.4, -0.2) is 41.6 Å². The predicted octanol–water partition coefficient (Wildman–Crippen LogP) is 2.87. The van der Waals surface area contributed by atoms with Gasteiger partial charge in [0.05, 0.1) is 13.3 Å². The van der Waals surface area contributed by atoms with Crippen molar-refractivity contribution in [1.82, 2.24) is 19.8 Å². The molecule has 2 aromatic carbocycles. The molecule has 0 saturated carbocycles. The molecule has 0 bridgehead atoms. The Morgan fingerprint density at radius 1 is 0.926 bits per heavy atom. The molecule has 0 aliphatic carbocycles. The summed E-state index contributed by atoms with van der Waals surface area (Å²) in [5, 5.41) is 12.5. The van der Waals surface area contributed by atoms with Gasteiger partial charge < -0.3 is 4.74 Å². The molecular weight excluding hydrogens is 364 g/mol. The second kappa shape index (κ2) is 6.48. The third-order valence-corrected chi connectivity index (χ3v) is 5.17. The Morgan fingerprint density at radius 2 is 1.63 bits per heavy atom. The number of ether oxygens (including phenoxy) is 1. The number of benzene rings is 2. The summed E-state index contributed by atoms with van der Waals surface area (Å²) in [4.78, 5) is 0. The molecule has 0 radical (unpaired) electrons. The fourth-order valence-electron chi connectivity index (χ4n) is 2.90. The van der Waals surface area contributed by atoms with Gasteiger partial charge in [-0.2, -0.15) is 5.10 Å². The largest absolute Gasteiger partial charge is 0.497 e. The van der Waals surface area contributed by atoms with Crippen LogP contribution < -0.4 is 4.74 Å². The van der Waals surface area contributed by atoms with Crippen LogP contribution in [0.4, 0.5) is 0 Å². The molecule has 4 aromatic rings. The van der Waals surface area contributed by atoms with Crippen LogP contribution in [0, 0.1) is 0 Å². The number of rotatable bonds is 4. The van der Waals surface area contributed by atoms with Crippen molar-refractivity contribution in [1.29, 1.82) is 0 Å². The lowest BCUT2D eigenvalue weighted by molar-refractivity contribution is 0.415. The van der Waals surface area contributed by atoms with E-state index >= 15 is 0 Å². The Labute approximate surface area is 156 Å². The van der Waals surface area contributed by atoms with Gasteiger partial charge in [0.25, 0.3) is 0 Å². The average Bonchev–Trinajstić information content (AvgIpc) is 3.11. The van der Waals surface area contributed by atoms with Crippen molar-refractivity contribution in [3.63, 3.8) is 0 Å². The highest BCUT2D eigenvalue weighted by Gasteiger charge is 2.23. The summed E-state index contributed by atoms with van der Waals surface area (Å²) >= 11 is 0. The molecule has 0 saturated heterocycles. The first-order valence-electron chi connectivity index (χ1n) is 8.13. The van der Waals surface area contributed by atoms with Gasteiger partial charge in [-0.25, -0.2) is 12.9 Å². The minimum Gasteiger partial charge on any atom is -0.497 e. The summed E-state index contributed by atoms with van der Waals surface area (Å²) in [7, 11) is -2.04. The van der Waals surface area contributed by atoms with Gasteiger partial charge in [0.2, 0.25) is 5.03 Å². The minimum absolute atomic E-state index is 0.122. The van der Waals surface area contributed by atoms with E-state index in [4.69, 9.17) is 4.74 Å². The lowest BCUT2D eigenvalue weighted by atomic mass is 10.1. The van der Waals surface area contributed by atoms with E-state index in [-0.39, 0.29) is 5.03 Å². The van der Waals surface area contributed by atoms with Crippen LogP contribution in [0.15, 0.2) is 65.8 Å². The van der Waals surface area contributed by atoms with Crippen molar-refractivity contribution in [3.05, 3.63) is 60.8 Å². The quantitative estimate of drug-likeness (QED) is 0.541. The van der Waals surface area contributed by atoms with Gasteiger partial charge in [0, 0.05) is 17.4 Å². The highest BCUT2D eigenvalue weighted by atomic mass is 32.2. The zero-order chi connectivity index (χ0) is 19.0. The van der Waals surface area contributed by atoms with Crippen molar-refractivity contribution in [3.8, 4) is 28.1 Å².